The molecule has 138 valence electrons. The van der Waals surface area contributed by atoms with Crippen molar-refractivity contribution in [3.8, 4) is 17.2 Å². The maximum Gasteiger partial charge on any atom is 0.244 e. The van der Waals surface area contributed by atoms with E-state index in [4.69, 9.17) is 18.9 Å². The lowest BCUT2D eigenvalue weighted by Gasteiger charge is -2.07. The molecule has 0 aliphatic carbocycles. The van der Waals surface area contributed by atoms with Gasteiger partial charge < -0.3 is 24.3 Å². The molecule has 6 heteroatoms. The van der Waals surface area contributed by atoms with Crippen LogP contribution in [0.25, 0.3) is 6.08 Å². The van der Waals surface area contributed by atoms with Crippen LogP contribution in [-0.4, -0.2) is 40.1 Å². The minimum atomic E-state index is -0.178. The Hall–Kier alpha value is -2.99. The molecule has 0 atom stereocenters. The normalized spacial score (nSPS) is 10.5. The highest BCUT2D eigenvalue weighted by molar-refractivity contribution is 5.91. The van der Waals surface area contributed by atoms with E-state index in [0.29, 0.717) is 18.9 Å². The van der Waals surface area contributed by atoms with Gasteiger partial charge in [0.05, 0.1) is 13.7 Å². The number of methoxy groups -OCH3 is 2. The van der Waals surface area contributed by atoms with E-state index in [9.17, 15) is 4.79 Å². The Morgan fingerprint density at radius 2 is 1.54 bits per heavy atom. The number of amides is 1. The van der Waals surface area contributed by atoms with Gasteiger partial charge in [0.25, 0.3) is 0 Å². The highest BCUT2D eigenvalue weighted by atomic mass is 16.7. The van der Waals surface area contributed by atoms with Gasteiger partial charge in [0.2, 0.25) is 5.91 Å². The second kappa shape index (κ2) is 10.8. The van der Waals surface area contributed by atoms with Crippen LogP contribution >= 0.6 is 0 Å². The topological polar surface area (TPSA) is 66.0 Å². The van der Waals surface area contributed by atoms with Crippen molar-refractivity contribution >= 4 is 12.0 Å². The lowest BCUT2D eigenvalue weighted by Crippen LogP contribution is -2.26. The molecule has 2 aromatic carbocycles. The number of ether oxygens (including phenoxy) is 4. The maximum atomic E-state index is 11.8. The first-order chi connectivity index (χ1) is 12.7. The van der Waals surface area contributed by atoms with Gasteiger partial charge in [-0.25, -0.2) is 0 Å². The standard InChI is InChI=1S/C20H23NO5/c1-23-15-26-19-6-3-16(4-7-19)5-12-20(22)21-13-14-25-18-10-8-17(24-2)9-11-18/h3-12H,13-15H2,1-2H3,(H,21,22)/b12-5+. The molecule has 26 heavy (non-hydrogen) atoms. The molecule has 1 amide bonds. The van der Waals surface area contributed by atoms with E-state index < -0.39 is 0 Å². The summed E-state index contributed by atoms with van der Waals surface area (Å²) in [7, 11) is 3.18. The van der Waals surface area contributed by atoms with Crippen LogP contribution in [0.1, 0.15) is 5.56 Å². The molecule has 0 fully saturated rings. The second-order valence-electron chi connectivity index (χ2n) is 5.27. The highest BCUT2D eigenvalue weighted by Crippen LogP contribution is 2.16. The van der Waals surface area contributed by atoms with Gasteiger partial charge in [0, 0.05) is 13.2 Å². The third kappa shape index (κ3) is 6.86. The fourth-order valence-electron chi connectivity index (χ4n) is 2.05. The number of hydrogen-bond donors (Lipinski definition) is 1. The number of benzene rings is 2. The zero-order valence-electron chi connectivity index (χ0n) is 14.9. The Bertz CT molecular complexity index is 695. The van der Waals surface area contributed by atoms with Crippen LogP contribution in [-0.2, 0) is 9.53 Å². The van der Waals surface area contributed by atoms with Gasteiger partial charge in [-0.1, -0.05) is 12.1 Å². The van der Waals surface area contributed by atoms with Crippen molar-refractivity contribution in [3.05, 3.63) is 60.2 Å². The zero-order chi connectivity index (χ0) is 18.6. The predicted molar refractivity (Wildman–Crippen MR) is 99.5 cm³/mol. The van der Waals surface area contributed by atoms with E-state index in [0.717, 1.165) is 17.1 Å². The van der Waals surface area contributed by atoms with Gasteiger partial charge in [0.1, 0.15) is 23.9 Å². The van der Waals surface area contributed by atoms with Crippen LogP contribution in [0, 0.1) is 0 Å². The summed E-state index contributed by atoms with van der Waals surface area (Å²) >= 11 is 0. The minimum Gasteiger partial charge on any atom is -0.497 e. The van der Waals surface area contributed by atoms with Gasteiger partial charge in [-0.15, -0.1) is 0 Å². The van der Waals surface area contributed by atoms with Crippen molar-refractivity contribution in [2.24, 2.45) is 0 Å². The minimum absolute atomic E-state index is 0.178. The van der Waals surface area contributed by atoms with E-state index >= 15 is 0 Å². The van der Waals surface area contributed by atoms with Crippen LogP contribution in [0.4, 0.5) is 0 Å². The van der Waals surface area contributed by atoms with Crippen LogP contribution < -0.4 is 19.5 Å². The number of hydrogen-bond acceptors (Lipinski definition) is 5. The largest absolute Gasteiger partial charge is 0.497 e. The highest BCUT2D eigenvalue weighted by Gasteiger charge is 1.98. The zero-order valence-corrected chi connectivity index (χ0v) is 14.9. The summed E-state index contributed by atoms with van der Waals surface area (Å²) in [6, 6.07) is 14.6. The van der Waals surface area contributed by atoms with Gasteiger partial charge >= 0.3 is 0 Å². The third-order valence-electron chi connectivity index (χ3n) is 3.38. The Morgan fingerprint density at radius 3 is 2.19 bits per heavy atom. The quantitative estimate of drug-likeness (QED) is 0.402. The predicted octanol–water partition coefficient (Wildman–Crippen LogP) is 2.89. The molecule has 0 heterocycles. The molecule has 0 spiro atoms. The molecule has 0 aromatic heterocycles. The first-order valence-corrected chi connectivity index (χ1v) is 8.16. The van der Waals surface area contributed by atoms with Gasteiger partial charge in [0.15, 0.2) is 6.79 Å². The van der Waals surface area contributed by atoms with Crippen molar-refractivity contribution in [2.75, 3.05) is 34.2 Å². The second-order valence-corrected chi connectivity index (χ2v) is 5.27. The first-order valence-electron chi connectivity index (χ1n) is 8.16. The maximum absolute atomic E-state index is 11.8. The fraction of sp³-hybridized carbons (Fsp3) is 0.250. The number of rotatable bonds is 10. The molecule has 6 nitrogen and oxygen atoms in total. The molecule has 0 radical (unpaired) electrons. The van der Waals surface area contributed by atoms with Crippen LogP contribution in [0.3, 0.4) is 0 Å². The Labute approximate surface area is 153 Å². The molecular formula is C20H23NO5. The molecule has 0 aliphatic rings. The molecule has 0 unspecified atom stereocenters. The van der Waals surface area contributed by atoms with Crippen molar-refractivity contribution in [1.29, 1.82) is 0 Å². The van der Waals surface area contributed by atoms with Crippen LogP contribution in [0.5, 0.6) is 17.2 Å². The van der Waals surface area contributed by atoms with Crippen molar-refractivity contribution in [2.45, 2.75) is 0 Å². The summed E-state index contributed by atoms with van der Waals surface area (Å²) in [6.07, 6.45) is 3.22. The van der Waals surface area contributed by atoms with Crippen molar-refractivity contribution in [1.82, 2.24) is 5.32 Å². The molecule has 0 saturated carbocycles. The average molecular weight is 357 g/mol. The molecule has 2 aromatic rings. The third-order valence-corrected chi connectivity index (χ3v) is 3.38. The van der Waals surface area contributed by atoms with E-state index in [1.807, 2.05) is 48.5 Å². The SMILES string of the molecule is COCOc1ccc(/C=C/C(=O)NCCOc2ccc(OC)cc2)cc1. The van der Waals surface area contributed by atoms with E-state index in [1.54, 1.807) is 20.3 Å². The summed E-state index contributed by atoms with van der Waals surface area (Å²) in [5.74, 6) is 2.03. The molecule has 2 rings (SSSR count). The fourth-order valence-corrected chi connectivity index (χ4v) is 2.05. The first kappa shape index (κ1) is 19.3. The van der Waals surface area contributed by atoms with Crippen molar-refractivity contribution < 1.29 is 23.7 Å². The summed E-state index contributed by atoms with van der Waals surface area (Å²) in [6.45, 7) is 1.01. The number of nitrogens with one attached hydrogen (secondary N) is 1. The van der Waals surface area contributed by atoms with Crippen LogP contribution in [0.2, 0.25) is 0 Å². The van der Waals surface area contributed by atoms with E-state index in [-0.39, 0.29) is 12.7 Å². The van der Waals surface area contributed by atoms with Gasteiger partial charge in [-0.05, 0) is 48.0 Å². The molecule has 1 N–H and O–H groups in total. The van der Waals surface area contributed by atoms with E-state index in [1.165, 1.54) is 6.08 Å². The summed E-state index contributed by atoms with van der Waals surface area (Å²) in [5, 5.41) is 2.77. The smallest absolute Gasteiger partial charge is 0.244 e. The van der Waals surface area contributed by atoms with Gasteiger partial charge in [-0.2, -0.15) is 0 Å². The summed E-state index contributed by atoms with van der Waals surface area (Å²) in [4.78, 5) is 11.8. The Morgan fingerprint density at radius 1 is 0.923 bits per heavy atom. The lowest BCUT2D eigenvalue weighted by molar-refractivity contribution is -0.116. The van der Waals surface area contributed by atoms with Crippen molar-refractivity contribution in [3.63, 3.8) is 0 Å². The average Bonchev–Trinajstić information content (AvgIpc) is 2.69. The molecular weight excluding hydrogens is 334 g/mol. The summed E-state index contributed by atoms with van der Waals surface area (Å²) < 4.78 is 20.8. The molecule has 0 saturated heterocycles. The molecule has 0 aliphatic heterocycles. The van der Waals surface area contributed by atoms with E-state index in [2.05, 4.69) is 5.32 Å². The Kier molecular flexibility index (Phi) is 8.02. The number of carbonyl (C=O) groups excluding carboxylic acids is 1. The lowest BCUT2D eigenvalue weighted by atomic mass is 10.2. The Balaban J connectivity index is 1.68. The van der Waals surface area contributed by atoms with Gasteiger partial charge in [-0.3, -0.25) is 4.79 Å². The molecule has 0 bridgehead atoms. The monoisotopic (exact) mass is 357 g/mol. The van der Waals surface area contributed by atoms with Crippen LogP contribution in [0.15, 0.2) is 54.6 Å². The summed E-state index contributed by atoms with van der Waals surface area (Å²) in [5.41, 5.74) is 0.902. The number of carbonyl (C=O) groups is 1.